The molecule has 0 aliphatic rings. The number of para-hydroxylation sites is 1. The number of nitriles is 1. The highest BCUT2D eigenvalue weighted by atomic mass is 35.5. The van der Waals surface area contributed by atoms with Crippen LogP contribution in [0.2, 0.25) is 5.02 Å². The number of rotatable bonds is 4. The molecule has 0 fully saturated rings. The zero-order valence-electron chi connectivity index (χ0n) is 10.5. The van der Waals surface area contributed by atoms with Gasteiger partial charge in [0.05, 0.1) is 29.5 Å². The molecule has 4 heteroatoms. The summed E-state index contributed by atoms with van der Waals surface area (Å²) in [6, 6.07) is 15.0. The number of benzene rings is 2. The maximum Gasteiger partial charge on any atom is 0.123 e. The smallest absolute Gasteiger partial charge is 0.123 e. The Kier molecular flexibility index (Phi) is 4.27. The Morgan fingerprint density at radius 1 is 1.26 bits per heavy atom. The van der Waals surface area contributed by atoms with E-state index in [2.05, 4.69) is 11.4 Å². The first-order valence-corrected chi connectivity index (χ1v) is 6.18. The molecule has 0 heterocycles. The van der Waals surface area contributed by atoms with Crippen LogP contribution in [0.25, 0.3) is 0 Å². The second kappa shape index (κ2) is 6.12. The van der Waals surface area contributed by atoms with Crippen LogP contribution in [0.3, 0.4) is 0 Å². The van der Waals surface area contributed by atoms with Gasteiger partial charge in [-0.3, -0.25) is 0 Å². The van der Waals surface area contributed by atoms with Gasteiger partial charge in [0, 0.05) is 12.1 Å². The van der Waals surface area contributed by atoms with Gasteiger partial charge in [-0.2, -0.15) is 5.26 Å². The van der Waals surface area contributed by atoms with Crippen molar-refractivity contribution in [2.45, 2.75) is 6.54 Å². The van der Waals surface area contributed by atoms with Crippen molar-refractivity contribution < 1.29 is 4.74 Å². The maximum atomic E-state index is 8.92. The molecule has 1 N–H and O–H groups in total. The SMILES string of the molecule is COc1ccc(C#N)cc1CNc1ccccc1Cl. The fourth-order valence-electron chi connectivity index (χ4n) is 1.78. The number of hydrogen-bond donors (Lipinski definition) is 1. The summed E-state index contributed by atoms with van der Waals surface area (Å²) in [5.41, 5.74) is 2.38. The molecule has 0 saturated heterocycles. The third-order valence-electron chi connectivity index (χ3n) is 2.75. The highest BCUT2D eigenvalue weighted by Crippen LogP contribution is 2.24. The van der Waals surface area contributed by atoms with Crippen LogP contribution < -0.4 is 10.1 Å². The third-order valence-corrected chi connectivity index (χ3v) is 3.08. The fraction of sp³-hybridized carbons (Fsp3) is 0.133. The van der Waals surface area contributed by atoms with Crippen LogP contribution in [-0.4, -0.2) is 7.11 Å². The standard InChI is InChI=1S/C15H13ClN2O/c1-19-15-7-6-11(9-17)8-12(15)10-18-14-5-3-2-4-13(14)16/h2-8,18H,10H2,1H3. The van der Waals surface area contributed by atoms with E-state index >= 15 is 0 Å². The zero-order chi connectivity index (χ0) is 13.7. The first-order valence-electron chi connectivity index (χ1n) is 5.80. The number of anilines is 1. The van der Waals surface area contributed by atoms with E-state index in [1.807, 2.05) is 30.3 Å². The van der Waals surface area contributed by atoms with Crippen molar-refractivity contribution in [3.8, 4) is 11.8 Å². The van der Waals surface area contributed by atoms with Crippen molar-refractivity contribution in [1.29, 1.82) is 5.26 Å². The van der Waals surface area contributed by atoms with Crippen LogP contribution in [0.15, 0.2) is 42.5 Å². The molecule has 0 unspecified atom stereocenters. The van der Waals surface area contributed by atoms with E-state index in [0.29, 0.717) is 17.1 Å². The van der Waals surface area contributed by atoms with Gasteiger partial charge in [0.15, 0.2) is 0 Å². The van der Waals surface area contributed by atoms with E-state index in [1.54, 1.807) is 19.2 Å². The monoisotopic (exact) mass is 272 g/mol. The molecule has 0 aromatic heterocycles. The van der Waals surface area contributed by atoms with Gasteiger partial charge in [0.25, 0.3) is 0 Å². The van der Waals surface area contributed by atoms with E-state index in [4.69, 9.17) is 21.6 Å². The molecule has 0 aliphatic heterocycles. The van der Waals surface area contributed by atoms with Crippen LogP contribution >= 0.6 is 11.6 Å². The van der Waals surface area contributed by atoms with Gasteiger partial charge in [0.2, 0.25) is 0 Å². The summed E-state index contributed by atoms with van der Waals surface area (Å²) in [7, 11) is 1.61. The van der Waals surface area contributed by atoms with Crippen LogP contribution in [0, 0.1) is 11.3 Å². The number of ether oxygens (including phenoxy) is 1. The first kappa shape index (κ1) is 13.3. The summed E-state index contributed by atoms with van der Waals surface area (Å²) in [6.07, 6.45) is 0. The minimum atomic E-state index is 0.544. The van der Waals surface area contributed by atoms with Gasteiger partial charge in [-0.1, -0.05) is 23.7 Å². The molecule has 2 rings (SSSR count). The Morgan fingerprint density at radius 3 is 2.74 bits per heavy atom. The molecule has 0 radical (unpaired) electrons. The van der Waals surface area contributed by atoms with Crippen molar-refractivity contribution in [3.05, 3.63) is 58.6 Å². The van der Waals surface area contributed by atoms with Crippen LogP contribution in [0.4, 0.5) is 5.69 Å². The Hall–Kier alpha value is -2.18. The number of nitrogens with zero attached hydrogens (tertiary/aromatic N) is 1. The lowest BCUT2D eigenvalue weighted by Gasteiger charge is -2.11. The Labute approximate surface area is 117 Å². The highest BCUT2D eigenvalue weighted by Gasteiger charge is 2.05. The summed E-state index contributed by atoms with van der Waals surface area (Å²) in [5, 5.41) is 12.8. The lowest BCUT2D eigenvalue weighted by molar-refractivity contribution is 0.410. The first-order chi connectivity index (χ1) is 9.24. The number of halogens is 1. The highest BCUT2D eigenvalue weighted by molar-refractivity contribution is 6.33. The molecular weight excluding hydrogens is 260 g/mol. The van der Waals surface area contributed by atoms with Crippen molar-refractivity contribution in [2.75, 3.05) is 12.4 Å². The molecule has 96 valence electrons. The fourth-order valence-corrected chi connectivity index (χ4v) is 1.98. The third kappa shape index (κ3) is 3.18. The van der Waals surface area contributed by atoms with Crippen molar-refractivity contribution >= 4 is 17.3 Å². The van der Waals surface area contributed by atoms with Crippen molar-refractivity contribution in [2.24, 2.45) is 0 Å². The molecule has 3 nitrogen and oxygen atoms in total. The molecule has 0 atom stereocenters. The van der Waals surface area contributed by atoms with Gasteiger partial charge in [-0.05, 0) is 30.3 Å². The number of hydrogen-bond acceptors (Lipinski definition) is 3. The van der Waals surface area contributed by atoms with Gasteiger partial charge >= 0.3 is 0 Å². The second-order valence-corrected chi connectivity index (χ2v) is 4.38. The van der Waals surface area contributed by atoms with Crippen LogP contribution in [0.1, 0.15) is 11.1 Å². The predicted molar refractivity (Wildman–Crippen MR) is 76.5 cm³/mol. The minimum absolute atomic E-state index is 0.544. The van der Waals surface area contributed by atoms with Crippen LogP contribution in [0.5, 0.6) is 5.75 Å². The van der Waals surface area contributed by atoms with E-state index < -0.39 is 0 Å². The summed E-state index contributed by atoms with van der Waals surface area (Å²) in [6.45, 7) is 0.544. The predicted octanol–water partition coefficient (Wildman–Crippen LogP) is 3.83. The molecule has 0 aliphatic carbocycles. The molecular formula is C15H13ClN2O. The van der Waals surface area contributed by atoms with Gasteiger partial charge < -0.3 is 10.1 Å². The Morgan fingerprint density at radius 2 is 2.05 bits per heavy atom. The molecule has 2 aromatic carbocycles. The minimum Gasteiger partial charge on any atom is -0.496 e. The average Bonchev–Trinajstić information content (AvgIpc) is 2.46. The summed E-state index contributed by atoms with van der Waals surface area (Å²) in [5.74, 6) is 0.749. The van der Waals surface area contributed by atoms with Gasteiger partial charge in [-0.15, -0.1) is 0 Å². The topological polar surface area (TPSA) is 45.0 Å². The molecule has 0 spiro atoms. The average molecular weight is 273 g/mol. The number of methoxy groups -OCH3 is 1. The van der Waals surface area contributed by atoms with Crippen LogP contribution in [-0.2, 0) is 6.54 Å². The summed E-state index contributed by atoms with van der Waals surface area (Å²) in [4.78, 5) is 0. The van der Waals surface area contributed by atoms with E-state index in [-0.39, 0.29) is 0 Å². The van der Waals surface area contributed by atoms with Gasteiger partial charge in [0.1, 0.15) is 5.75 Å². The molecule has 2 aromatic rings. The second-order valence-electron chi connectivity index (χ2n) is 3.97. The lowest BCUT2D eigenvalue weighted by atomic mass is 10.1. The normalized spacial score (nSPS) is 9.74. The molecule has 19 heavy (non-hydrogen) atoms. The molecule has 0 amide bonds. The quantitative estimate of drug-likeness (QED) is 0.920. The van der Waals surface area contributed by atoms with Crippen molar-refractivity contribution in [3.63, 3.8) is 0 Å². The zero-order valence-corrected chi connectivity index (χ0v) is 11.2. The molecule has 0 bridgehead atoms. The summed E-state index contributed by atoms with van der Waals surface area (Å²) < 4.78 is 5.28. The van der Waals surface area contributed by atoms with E-state index in [9.17, 15) is 0 Å². The van der Waals surface area contributed by atoms with E-state index in [0.717, 1.165) is 17.0 Å². The van der Waals surface area contributed by atoms with E-state index in [1.165, 1.54) is 0 Å². The molecule has 0 saturated carbocycles. The Balaban J connectivity index is 2.19. The number of nitrogens with one attached hydrogen (secondary N) is 1. The largest absolute Gasteiger partial charge is 0.496 e. The maximum absolute atomic E-state index is 8.92. The van der Waals surface area contributed by atoms with Crippen molar-refractivity contribution in [1.82, 2.24) is 0 Å². The Bertz CT molecular complexity index is 620. The van der Waals surface area contributed by atoms with Gasteiger partial charge in [-0.25, -0.2) is 0 Å². The lowest BCUT2D eigenvalue weighted by Crippen LogP contribution is -2.02. The summed E-state index contributed by atoms with van der Waals surface area (Å²) >= 11 is 6.08.